The molecule has 1 atom stereocenters. The van der Waals surface area contributed by atoms with Crippen molar-refractivity contribution in [1.29, 1.82) is 0 Å². The summed E-state index contributed by atoms with van der Waals surface area (Å²) >= 11 is 0. The number of carbonyl (C=O) groups excluding carboxylic acids is 2. The highest BCUT2D eigenvalue weighted by Crippen LogP contribution is 2.17. The van der Waals surface area contributed by atoms with Crippen molar-refractivity contribution in [1.82, 2.24) is 15.5 Å². The predicted octanol–water partition coefficient (Wildman–Crippen LogP) is 2.00. The molecule has 6 nitrogen and oxygen atoms in total. The summed E-state index contributed by atoms with van der Waals surface area (Å²) in [5, 5.41) is 5.55. The van der Waals surface area contributed by atoms with Gasteiger partial charge in [0.15, 0.2) is 0 Å². The van der Waals surface area contributed by atoms with Crippen LogP contribution in [0.15, 0.2) is 0 Å². The first-order valence-corrected chi connectivity index (χ1v) is 8.64. The molecule has 1 unspecified atom stereocenters. The van der Waals surface area contributed by atoms with Gasteiger partial charge in [-0.25, -0.2) is 4.79 Å². The van der Waals surface area contributed by atoms with E-state index in [9.17, 15) is 9.59 Å². The van der Waals surface area contributed by atoms with Crippen molar-refractivity contribution in [3.8, 4) is 0 Å². The van der Waals surface area contributed by atoms with E-state index in [2.05, 4.69) is 29.4 Å². The zero-order valence-electron chi connectivity index (χ0n) is 15.3. The summed E-state index contributed by atoms with van der Waals surface area (Å²) in [6, 6.07) is 0. The molecule has 0 radical (unpaired) electrons. The second kappa shape index (κ2) is 9.11. The topological polar surface area (TPSA) is 70.7 Å². The van der Waals surface area contributed by atoms with Crippen molar-refractivity contribution in [3.63, 3.8) is 0 Å². The standard InChI is InChI=1S/C17H33N3O3/c1-13(2)11-20-10-6-7-14(12-20)15(21)18-8-9-19-16(22)23-17(3,4)5/h13-14H,6-12H2,1-5H3,(H,18,21)(H,19,22). The molecule has 0 aromatic carbocycles. The number of piperidine rings is 1. The number of ether oxygens (including phenoxy) is 1. The number of carbonyl (C=O) groups is 2. The number of rotatable bonds is 6. The van der Waals surface area contributed by atoms with Crippen molar-refractivity contribution >= 4 is 12.0 Å². The maximum absolute atomic E-state index is 12.2. The molecular weight excluding hydrogens is 294 g/mol. The Labute approximate surface area is 140 Å². The third-order valence-electron chi connectivity index (χ3n) is 3.59. The summed E-state index contributed by atoms with van der Waals surface area (Å²) in [6.45, 7) is 13.6. The predicted molar refractivity (Wildman–Crippen MR) is 91.2 cm³/mol. The highest BCUT2D eigenvalue weighted by atomic mass is 16.6. The summed E-state index contributed by atoms with van der Waals surface area (Å²) in [4.78, 5) is 26.1. The largest absolute Gasteiger partial charge is 0.444 e. The molecule has 1 rings (SSSR count). The van der Waals surface area contributed by atoms with E-state index < -0.39 is 11.7 Å². The van der Waals surface area contributed by atoms with Gasteiger partial charge in [0.05, 0.1) is 5.92 Å². The lowest BCUT2D eigenvalue weighted by Crippen LogP contribution is -2.45. The van der Waals surface area contributed by atoms with Crippen LogP contribution in [0.1, 0.15) is 47.5 Å². The van der Waals surface area contributed by atoms with Gasteiger partial charge < -0.3 is 20.3 Å². The molecule has 0 saturated carbocycles. The molecular formula is C17H33N3O3. The fraction of sp³-hybridized carbons (Fsp3) is 0.882. The molecule has 134 valence electrons. The van der Waals surface area contributed by atoms with Gasteiger partial charge in [-0.1, -0.05) is 13.8 Å². The van der Waals surface area contributed by atoms with Gasteiger partial charge in [0.25, 0.3) is 0 Å². The molecule has 0 aromatic rings. The Kier molecular flexibility index (Phi) is 7.82. The first-order chi connectivity index (χ1) is 10.7. The van der Waals surface area contributed by atoms with Crippen LogP contribution in [0.2, 0.25) is 0 Å². The molecule has 0 aromatic heterocycles. The van der Waals surface area contributed by atoms with Crippen LogP contribution < -0.4 is 10.6 Å². The molecule has 23 heavy (non-hydrogen) atoms. The Hall–Kier alpha value is -1.30. The second-order valence-electron chi connectivity index (χ2n) is 7.71. The number of nitrogens with zero attached hydrogens (tertiary/aromatic N) is 1. The highest BCUT2D eigenvalue weighted by Gasteiger charge is 2.25. The lowest BCUT2D eigenvalue weighted by atomic mass is 9.96. The van der Waals surface area contributed by atoms with Gasteiger partial charge in [-0.15, -0.1) is 0 Å². The van der Waals surface area contributed by atoms with Crippen LogP contribution in [0.5, 0.6) is 0 Å². The van der Waals surface area contributed by atoms with Crippen molar-refractivity contribution in [2.45, 2.75) is 53.1 Å². The van der Waals surface area contributed by atoms with Gasteiger partial charge in [-0.05, 0) is 46.1 Å². The molecule has 1 aliphatic rings. The maximum Gasteiger partial charge on any atom is 0.407 e. The fourth-order valence-corrected chi connectivity index (χ4v) is 2.76. The highest BCUT2D eigenvalue weighted by molar-refractivity contribution is 5.79. The van der Waals surface area contributed by atoms with Gasteiger partial charge in [0, 0.05) is 26.2 Å². The zero-order chi connectivity index (χ0) is 17.5. The van der Waals surface area contributed by atoms with Crippen LogP contribution in [-0.4, -0.2) is 55.2 Å². The van der Waals surface area contributed by atoms with E-state index >= 15 is 0 Å². The third kappa shape index (κ3) is 8.79. The second-order valence-corrected chi connectivity index (χ2v) is 7.71. The summed E-state index contributed by atoms with van der Waals surface area (Å²) in [5.41, 5.74) is -0.505. The number of alkyl carbamates (subject to hydrolysis) is 1. The number of nitrogens with one attached hydrogen (secondary N) is 2. The smallest absolute Gasteiger partial charge is 0.407 e. The van der Waals surface area contributed by atoms with Crippen LogP contribution in [0.3, 0.4) is 0 Å². The van der Waals surface area contributed by atoms with E-state index in [-0.39, 0.29) is 11.8 Å². The van der Waals surface area contributed by atoms with Crippen molar-refractivity contribution < 1.29 is 14.3 Å². The van der Waals surface area contributed by atoms with Gasteiger partial charge in [-0.3, -0.25) is 4.79 Å². The van der Waals surface area contributed by atoms with Crippen LogP contribution in [-0.2, 0) is 9.53 Å². The lowest BCUT2D eigenvalue weighted by Gasteiger charge is -2.33. The average Bonchev–Trinajstić information content (AvgIpc) is 2.41. The molecule has 0 spiro atoms. The molecule has 1 saturated heterocycles. The minimum absolute atomic E-state index is 0.0593. The first kappa shape index (κ1) is 19.7. The van der Waals surface area contributed by atoms with Crippen molar-refractivity contribution in [3.05, 3.63) is 0 Å². The summed E-state index contributed by atoms with van der Waals surface area (Å²) in [6.07, 6.45) is 1.56. The van der Waals surface area contributed by atoms with Crippen molar-refractivity contribution in [2.75, 3.05) is 32.7 Å². The summed E-state index contributed by atoms with van der Waals surface area (Å²) in [5.74, 6) is 0.767. The quantitative estimate of drug-likeness (QED) is 0.732. The average molecular weight is 327 g/mol. The van der Waals surface area contributed by atoms with Gasteiger partial charge in [-0.2, -0.15) is 0 Å². The molecule has 1 fully saturated rings. The Morgan fingerprint density at radius 3 is 2.48 bits per heavy atom. The van der Waals surface area contributed by atoms with E-state index in [0.29, 0.717) is 19.0 Å². The van der Waals surface area contributed by atoms with Crippen LogP contribution in [0.4, 0.5) is 4.79 Å². The summed E-state index contributed by atoms with van der Waals surface area (Å²) in [7, 11) is 0. The number of hydrogen-bond donors (Lipinski definition) is 2. The van der Waals surface area contributed by atoms with Gasteiger partial charge in [0.1, 0.15) is 5.60 Å². The van der Waals surface area contributed by atoms with E-state index in [1.165, 1.54) is 0 Å². The molecule has 6 heteroatoms. The molecule has 1 heterocycles. The number of amides is 2. The van der Waals surface area contributed by atoms with Crippen LogP contribution >= 0.6 is 0 Å². The SMILES string of the molecule is CC(C)CN1CCCC(C(=O)NCCNC(=O)OC(C)(C)C)C1. The molecule has 1 aliphatic heterocycles. The Morgan fingerprint density at radius 1 is 1.22 bits per heavy atom. The van der Waals surface area contributed by atoms with E-state index in [0.717, 1.165) is 32.5 Å². The monoisotopic (exact) mass is 327 g/mol. The molecule has 2 amide bonds. The Balaban J connectivity index is 2.22. The van der Waals surface area contributed by atoms with Crippen molar-refractivity contribution in [2.24, 2.45) is 11.8 Å². The summed E-state index contributed by atoms with van der Waals surface area (Å²) < 4.78 is 5.14. The Morgan fingerprint density at radius 2 is 1.87 bits per heavy atom. The van der Waals surface area contributed by atoms with Gasteiger partial charge in [0.2, 0.25) is 5.91 Å². The zero-order valence-corrected chi connectivity index (χ0v) is 15.3. The molecule has 0 bridgehead atoms. The number of hydrogen-bond acceptors (Lipinski definition) is 4. The first-order valence-electron chi connectivity index (χ1n) is 8.64. The Bertz CT molecular complexity index is 391. The minimum atomic E-state index is -0.505. The minimum Gasteiger partial charge on any atom is -0.444 e. The normalized spacial score (nSPS) is 19.5. The molecule has 2 N–H and O–H groups in total. The van der Waals surface area contributed by atoms with Crippen LogP contribution in [0.25, 0.3) is 0 Å². The van der Waals surface area contributed by atoms with E-state index in [4.69, 9.17) is 4.74 Å². The third-order valence-corrected chi connectivity index (χ3v) is 3.59. The molecule has 0 aliphatic carbocycles. The lowest BCUT2D eigenvalue weighted by molar-refractivity contribution is -0.126. The van der Waals surface area contributed by atoms with Gasteiger partial charge >= 0.3 is 6.09 Å². The van der Waals surface area contributed by atoms with Crippen LogP contribution in [0, 0.1) is 11.8 Å². The van der Waals surface area contributed by atoms with E-state index in [1.807, 2.05) is 20.8 Å². The maximum atomic E-state index is 12.2. The van der Waals surface area contributed by atoms with E-state index in [1.54, 1.807) is 0 Å². The number of likely N-dealkylation sites (tertiary alicyclic amines) is 1. The fourth-order valence-electron chi connectivity index (χ4n) is 2.76.